The average molecular weight is 795 g/mol. The third kappa shape index (κ3) is 13.3. The standard InChI is InChI=1S/C43H62N4O10/c1-10-13-29(25-34(48)32(44)12-3)40(51)47(8)38-28-15-17-37(55-19-11-2)31(24-28)30-22-27(14-16-36(30)56-20-18-45-42(53)57-43(5,6)7)23-33(41(52)54-9)46-39(50)26(4)21-35(38)49/h14-17,22,24,26,29,32-33,38H,10-13,18-21,23,25,44H2,1-9H3,(H,45,53)(H,46,50)/t26-,29-,32+,33+,38+/m1/s1. The van der Waals surface area contributed by atoms with Crippen molar-refractivity contribution < 1.29 is 47.7 Å². The first-order chi connectivity index (χ1) is 26.9. The number of hydrogen-bond acceptors (Lipinski definition) is 11. The minimum Gasteiger partial charge on any atom is -0.493 e. The van der Waals surface area contributed by atoms with E-state index in [1.54, 1.807) is 58.0 Å². The molecule has 3 amide bonds. The van der Waals surface area contributed by atoms with Gasteiger partial charge >= 0.3 is 12.1 Å². The van der Waals surface area contributed by atoms with Gasteiger partial charge < -0.3 is 40.2 Å². The van der Waals surface area contributed by atoms with Crippen LogP contribution >= 0.6 is 0 Å². The highest BCUT2D eigenvalue weighted by atomic mass is 16.6. The molecule has 5 atom stereocenters. The zero-order valence-electron chi connectivity index (χ0n) is 35.0. The number of carbonyl (C=O) groups is 6. The van der Waals surface area contributed by atoms with E-state index in [1.807, 2.05) is 26.8 Å². The molecule has 1 aliphatic heterocycles. The van der Waals surface area contributed by atoms with E-state index in [1.165, 1.54) is 19.1 Å². The maximum atomic E-state index is 14.5. The van der Waals surface area contributed by atoms with Crippen LogP contribution in [0.4, 0.5) is 4.79 Å². The Morgan fingerprint density at radius 3 is 2.21 bits per heavy atom. The monoisotopic (exact) mass is 794 g/mol. The number of nitrogens with zero attached hydrogens (tertiary/aromatic N) is 1. The largest absolute Gasteiger partial charge is 0.493 e. The van der Waals surface area contributed by atoms with Gasteiger partial charge in [0.05, 0.1) is 26.3 Å². The molecule has 0 aromatic heterocycles. The van der Waals surface area contributed by atoms with Crippen molar-refractivity contribution in [3.63, 3.8) is 0 Å². The van der Waals surface area contributed by atoms with Crippen molar-refractivity contribution in [1.82, 2.24) is 15.5 Å². The lowest BCUT2D eigenvalue weighted by Gasteiger charge is -2.32. The maximum absolute atomic E-state index is 14.5. The van der Waals surface area contributed by atoms with Crippen LogP contribution in [0.5, 0.6) is 11.5 Å². The van der Waals surface area contributed by atoms with Crippen molar-refractivity contribution in [2.75, 3.05) is 33.9 Å². The molecule has 2 aromatic rings. The molecule has 0 spiro atoms. The smallest absolute Gasteiger partial charge is 0.407 e. The molecule has 4 bridgehead atoms. The summed E-state index contributed by atoms with van der Waals surface area (Å²) in [6.45, 7) is 13.2. The molecule has 0 radical (unpaired) electrons. The van der Waals surface area contributed by atoms with Gasteiger partial charge in [-0.3, -0.25) is 19.2 Å². The molecular weight excluding hydrogens is 732 g/mol. The van der Waals surface area contributed by atoms with Crippen LogP contribution in [0.1, 0.15) is 104 Å². The van der Waals surface area contributed by atoms with E-state index >= 15 is 0 Å². The molecule has 2 aromatic carbocycles. The van der Waals surface area contributed by atoms with Crippen LogP contribution in [0, 0.1) is 11.8 Å². The summed E-state index contributed by atoms with van der Waals surface area (Å²) in [7, 11) is 2.77. The van der Waals surface area contributed by atoms with E-state index < -0.39 is 65.2 Å². The number of nitrogens with one attached hydrogen (secondary N) is 2. The first-order valence-corrected chi connectivity index (χ1v) is 19.9. The number of methoxy groups -OCH3 is 1. The summed E-state index contributed by atoms with van der Waals surface area (Å²) in [6, 6.07) is 7.62. The topological polar surface area (TPSA) is 193 Å². The molecule has 14 nitrogen and oxygen atoms in total. The predicted octanol–water partition coefficient (Wildman–Crippen LogP) is 5.47. The van der Waals surface area contributed by atoms with Crippen LogP contribution in [0.25, 0.3) is 11.1 Å². The number of nitrogens with two attached hydrogens (primary N) is 1. The second kappa shape index (κ2) is 21.5. The summed E-state index contributed by atoms with van der Waals surface area (Å²) in [5.41, 5.74) is 7.59. The van der Waals surface area contributed by atoms with Crippen LogP contribution in [0.15, 0.2) is 36.4 Å². The second-order valence-corrected chi connectivity index (χ2v) is 15.6. The molecule has 0 unspecified atom stereocenters. The minimum absolute atomic E-state index is 0.0622. The molecule has 0 saturated heterocycles. The number of amides is 3. The lowest BCUT2D eigenvalue weighted by atomic mass is 9.88. The lowest BCUT2D eigenvalue weighted by Crippen LogP contribution is -2.46. The number of benzene rings is 2. The van der Waals surface area contributed by atoms with Gasteiger partial charge in [-0.1, -0.05) is 46.2 Å². The van der Waals surface area contributed by atoms with Crippen molar-refractivity contribution in [2.45, 2.75) is 117 Å². The summed E-state index contributed by atoms with van der Waals surface area (Å²) in [5, 5.41) is 5.45. The van der Waals surface area contributed by atoms with Gasteiger partial charge in [0.15, 0.2) is 5.78 Å². The number of alkyl carbamates (subject to hydrolysis) is 1. The third-order valence-corrected chi connectivity index (χ3v) is 9.67. The average Bonchev–Trinajstić information content (AvgIpc) is 3.16. The zero-order valence-corrected chi connectivity index (χ0v) is 35.0. The van der Waals surface area contributed by atoms with Crippen molar-refractivity contribution in [3.05, 3.63) is 47.5 Å². The molecular formula is C43H62N4O10. The number of ether oxygens (including phenoxy) is 4. The van der Waals surface area contributed by atoms with Crippen LogP contribution in [-0.2, 0) is 39.9 Å². The van der Waals surface area contributed by atoms with Gasteiger partial charge in [-0.05, 0) is 75.4 Å². The number of rotatable bonds is 16. The van der Waals surface area contributed by atoms with E-state index in [4.69, 9.17) is 24.7 Å². The fourth-order valence-corrected chi connectivity index (χ4v) is 6.65. The van der Waals surface area contributed by atoms with Gasteiger partial charge in [-0.2, -0.15) is 0 Å². The van der Waals surface area contributed by atoms with E-state index in [-0.39, 0.29) is 38.2 Å². The number of carbonyl (C=O) groups excluding carboxylic acids is 6. The van der Waals surface area contributed by atoms with E-state index in [2.05, 4.69) is 10.6 Å². The quantitative estimate of drug-likeness (QED) is 0.144. The van der Waals surface area contributed by atoms with Gasteiger partial charge in [-0.25, -0.2) is 9.59 Å². The van der Waals surface area contributed by atoms with Gasteiger partial charge in [0, 0.05) is 49.3 Å². The molecule has 3 rings (SSSR count). The van der Waals surface area contributed by atoms with Crippen LogP contribution in [0.3, 0.4) is 0 Å². The highest BCUT2D eigenvalue weighted by Gasteiger charge is 2.36. The molecule has 1 aliphatic rings. The maximum Gasteiger partial charge on any atom is 0.407 e. The Balaban J connectivity index is 2.24. The zero-order chi connectivity index (χ0) is 42.4. The Labute approximate surface area is 336 Å². The highest BCUT2D eigenvalue weighted by Crippen LogP contribution is 2.41. The number of likely N-dealkylation sites (N-methyl/N-ethyl adjacent to an activating group) is 1. The molecule has 1 heterocycles. The van der Waals surface area contributed by atoms with Crippen molar-refractivity contribution in [2.24, 2.45) is 17.6 Å². The Bertz CT molecular complexity index is 1740. The van der Waals surface area contributed by atoms with Crippen molar-refractivity contribution >= 4 is 35.4 Å². The van der Waals surface area contributed by atoms with Gasteiger partial charge in [0.1, 0.15) is 41.6 Å². The van der Waals surface area contributed by atoms with Gasteiger partial charge in [0.2, 0.25) is 11.8 Å². The molecule has 314 valence electrons. The normalized spacial score (nSPS) is 18.2. The Hall–Kier alpha value is -4.98. The number of fused-ring (bicyclic) bond motifs is 5. The highest BCUT2D eigenvalue weighted by molar-refractivity contribution is 5.96. The Morgan fingerprint density at radius 2 is 1.60 bits per heavy atom. The summed E-state index contributed by atoms with van der Waals surface area (Å²) in [6.07, 6.45) is 1.32. The fraction of sp³-hybridized carbons (Fsp3) is 0.581. The minimum atomic E-state index is -1.16. The van der Waals surface area contributed by atoms with E-state index in [0.29, 0.717) is 66.0 Å². The number of ketones is 2. The first-order valence-electron chi connectivity index (χ1n) is 19.9. The van der Waals surface area contributed by atoms with E-state index in [0.717, 1.165) is 0 Å². The summed E-state index contributed by atoms with van der Waals surface area (Å²) in [5.74, 6) is -2.94. The molecule has 4 N–H and O–H groups in total. The molecule has 0 fully saturated rings. The Morgan fingerprint density at radius 1 is 0.947 bits per heavy atom. The van der Waals surface area contributed by atoms with Crippen LogP contribution < -0.4 is 25.8 Å². The number of hydrogen-bond donors (Lipinski definition) is 3. The lowest BCUT2D eigenvalue weighted by molar-refractivity contribution is -0.146. The van der Waals surface area contributed by atoms with E-state index in [9.17, 15) is 28.8 Å². The number of Topliss-reactive ketones (excluding diaryl/α,β-unsaturated/α-hetero) is 2. The molecule has 0 aliphatic carbocycles. The van der Waals surface area contributed by atoms with Gasteiger partial charge in [0.25, 0.3) is 0 Å². The molecule has 57 heavy (non-hydrogen) atoms. The fourth-order valence-electron chi connectivity index (χ4n) is 6.65. The first kappa shape index (κ1) is 46.4. The van der Waals surface area contributed by atoms with Crippen LogP contribution in [0.2, 0.25) is 0 Å². The number of esters is 1. The summed E-state index contributed by atoms with van der Waals surface area (Å²) in [4.78, 5) is 82.1. The predicted molar refractivity (Wildman–Crippen MR) is 216 cm³/mol. The van der Waals surface area contributed by atoms with Crippen molar-refractivity contribution in [3.8, 4) is 22.6 Å². The van der Waals surface area contributed by atoms with Gasteiger partial charge in [-0.15, -0.1) is 0 Å². The molecule has 0 saturated carbocycles. The molecule has 14 heteroatoms. The summed E-state index contributed by atoms with van der Waals surface area (Å²) < 4.78 is 22.9. The SMILES string of the molecule is CCCOc1ccc2cc1-c1cc(ccc1OCCNC(=O)OC(C)(C)C)C[C@@H](C(=O)OC)NC(=O)[C@H](C)CC(=O)[C@H]2N(C)C(=O)[C@H](CCC)CC(=O)[C@@H](N)CC. The Kier molecular flexibility index (Phi) is 17.5. The summed E-state index contributed by atoms with van der Waals surface area (Å²) >= 11 is 0. The van der Waals surface area contributed by atoms with Crippen molar-refractivity contribution in [1.29, 1.82) is 0 Å². The second-order valence-electron chi connectivity index (χ2n) is 15.6. The van der Waals surface area contributed by atoms with Crippen LogP contribution in [-0.4, -0.2) is 91.9 Å². The third-order valence-electron chi connectivity index (χ3n) is 9.67.